The van der Waals surface area contributed by atoms with E-state index in [2.05, 4.69) is 32.2 Å². The van der Waals surface area contributed by atoms with E-state index < -0.39 is 6.10 Å². The molecule has 0 amide bonds. The summed E-state index contributed by atoms with van der Waals surface area (Å²) in [5.74, 6) is 2.22. The average Bonchev–Trinajstić information content (AvgIpc) is 2.60. The first-order valence-electron chi connectivity index (χ1n) is 9.74. The van der Waals surface area contributed by atoms with Gasteiger partial charge in [0.25, 0.3) is 0 Å². The Labute approximate surface area is 147 Å². The Morgan fingerprint density at radius 1 is 1.38 bits per heavy atom. The highest BCUT2D eigenvalue weighted by Gasteiger charge is 2.50. The van der Waals surface area contributed by atoms with Crippen LogP contribution in [0.5, 0.6) is 0 Å². The van der Waals surface area contributed by atoms with E-state index in [1.807, 2.05) is 0 Å². The van der Waals surface area contributed by atoms with Crippen LogP contribution in [0.25, 0.3) is 0 Å². The summed E-state index contributed by atoms with van der Waals surface area (Å²) in [5.41, 5.74) is 1.91. The Kier molecular flexibility index (Phi) is 6.02. The van der Waals surface area contributed by atoms with E-state index in [4.69, 9.17) is 9.47 Å². The number of aliphatic hydroxyl groups is 1. The van der Waals surface area contributed by atoms with Gasteiger partial charge in [-0.3, -0.25) is 0 Å². The van der Waals surface area contributed by atoms with Gasteiger partial charge in [0, 0.05) is 25.8 Å². The molecular formula is C20H35NO3. The van der Waals surface area contributed by atoms with Crippen molar-refractivity contribution in [3.05, 3.63) is 11.6 Å². The summed E-state index contributed by atoms with van der Waals surface area (Å²) in [6, 6.07) is 0.428. The second-order valence-electron chi connectivity index (χ2n) is 8.64. The topological polar surface area (TPSA) is 50.7 Å². The molecule has 138 valence electrons. The maximum absolute atomic E-state index is 10.2. The zero-order valence-electron chi connectivity index (χ0n) is 15.6. The smallest absolute Gasteiger partial charge is 0.0897 e. The van der Waals surface area contributed by atoms with Crippen molar-refractivity contribution in [2.75, 3.05) is 33.0 Å². The zero-order valence-corrected chi connectivity index (χ0v) is 15.6. The maximum Gasteiger partial charge on any atom is 0.0897 e. The third-order valence-corrected chi connectivity index (χ3v) is 6.81. The van der Waals surface area contributed by atoms with Gasteiger partial charge in [0.15, 0.2) is 0 Å². The van der Waals surface area contributed by atoms with Crippen LogP contribution in [0.15, 0.2) is 11.6 Å². The fraction of sp³-hybridized carbons (Fsp3) is 0.900. The fourth-order valence-electron chi connectivity index (χ4n) is 4.72. The predicted octanol–water partition coefficient (Wildman–Crippen LogP) is 2.76. The number of hydrogen-bond donors (Lipinski definition) is 2. The van der Waals surface area contributed by atoms with Crippen molar-refractivity contribution >= 4 is 0 Å². The van der Waals surface area contributed by atoms with Crippen LogP contribution in [-0.4, -0.2) is 50.2 Å². The summed E-state index contributed by atoms with van der Waals surface area (Å²) in [4.78, 5) is 0. The lowest BCUT2D eigenvalue weighted by Gasteiger charge is -2.56. The lowest BCUT2D eigenvalue weighted by atomic mass is 9.49. The molecule has 2 fully saturated rings. The summed E-state index contributed by atoms with van der Waals surface area (Å²) in [5, 5.41) is 13.6. The lowest BCUT2D eigenvalue weighted by molar-refractivity contribution is -0.0238. The molecule has 4 nitrogen and oxygen atoms in total. The first kappa shape index (κ1) is 18.4. The Morgan fingerprint density at radius 3 is 2.79 bits per heavy atom. The summed E-state index contributed by atoms with van der Waals surface area (Å²) in [7, 11) is 0. The van der Waals surface area contributed by atoms with Gasteiger partial charge in [0.05, 0.1) is 19.3 Å². The van der Waals surface area contributed by atoms with Crippen molar-refractivity contribution in [3.8, 4) is 0 Å². The average molecular weight is 338 g/mol. The van der Waals surface area contributed by atoms with E-state index in [9.17, 15) is 5.11 Å². The van der Waals surface area contributed by atoms with Gasteiger partial charge in [-0.2, -0.15) is 0 Å². The van der Waals surface area contributed by atoms with E-state index in [1.54, 1.807) is 0 Å². The number of hydrogen-bond acceptors (Lipinski definition) is 4. The number of fused-ring (bicyclic) bond motifs is 1. The van der Waals surface area contributed by atoms with Gasteiger partial charge in [0.1, 0.15) is 0 Å². The molecule has 0 aromatic carbocycles. The monoisotopic (exact) mass is 337 g/mol. The van der Waals surface area contributed by atoms with Crippen LogP contribution in [0.4, 0.5) is 0 Å². The second kappa shape index (κ2) is 7.86. The van der Waals surface area contributed by atoms with Crippen LogP contribution in [0, 0.1) is 23.2 Å². The van der Waals surface area contributed by atoms with E-state index in [0.717, 1.165) is 32.0 Å². The first-order chi connectivity index (χ1) is 11.5. The molecule has 1 saturated carbocycles. The molecule has 0 radical (unpaired) electrons. The molecule has 4 heteroatoms. The van der Waals surface area contributed by atoms with Crippen LogP contribution in [0.1, 0.15) is 46.5 Å². The molecule has 1 heterocycles. The van der Waals surface area contributed by atoms with Gasteiger partial charge in [-0.1, -0.05) is 19.9 Å². The summed E-state index contributed by atoms with van der Waals surface area (Å²) < 4.78 is 11.2. The van der Waals surface area contributed by atoms with Gasteiger partial charge in [-0.25, -0.2) is 0 Å². The third-order valence-electron chi connectivity index (χ3n) is 6.81. The number of nitrogens with one attached hydrogen (secondary N) is 1. The number of aliphatic hydroxyl groups excluding tert-OH is 1. The zero-order chi connectivity index (χ0) is 17.2. The highest BCUT2D eigenvalue weighted by Crippen LogP contribution is 2.59. The minimum absolute atomic E-state index is 0.418. The Balaban J connectivity index is 1.31. The highest BCUT2D eigenvalue weighted by molar-refractivity contribution is 5.23. The highest BCUT2D eigenvalue weighted by atomic mass is 16.5. The molecule has 0 spiro atoms. The SMILES string of the molecule is CC(NCC(O)COCC1=CCC2CC1C2(C)C)C1CCOCC1. The van der Waals surface area contributed by atoms with Crippen LogP contribution >= 0.6 is 0 Å². The molecule has 0 aromatic rings. The molecule has 2 N–H and O–H groups in total. The van der Waals surface area contributed by atoms with Crippen molar-refractivity contribution in [2.45, 2.75) is 58.6 Å². The van der Waals surface area contributed by atoms with Crippen LogP contribution in [-0.2, 0) is 9.47 Å². The number of allylic oxidation sites excluding steroid dienone is 1. The quantitative estimate of drug-likeness (QED) is 0.669. The summed E-state index contributed by atoms with van der Waals surface area (Å²) >= 11 is 0. The molecule has 0 aromatic heterocycles. The van der Waals surface area contributed by atoms with Crippen LogP contribution in [0.2, 0.25) is 0 Å². The number of ether oxygens (including phenoxy) is 2. The van der Waals surface area contributed by atoms with Crippen LogP contribution in [0.3, 0.4) is 0 Å². The van der Waals surface area contributed by atoms with E-state index >= 15 is 0 Å². The first-order valence-corrected chi connectivity index (χ1v) is 9.74. The van der Waals surface area contributed by atoms with E-state index in [-0.39, 0.29) is 0 Å². The van der Waals surface area contributed by atoms with Gasteiger partial charge in [0.2, 0.25) is 0 Å². The largest absolute Gasteiger partial charge is 0.389 e. The van der Waals surface area contributed by atoms with Gasteiger partial charge in [-0.05, 0) is 61.3 Å². The normalized spacial score (nSPS) is 31.9. The lowest BCUT2D eigenvalue weighted by Crippen LogP contribution is -2.48. The molecular weight excluding hydrogens is 302 g/mol. The molecule has 4 atom stereocenters. The molecule has 4 unspecified atom stereocenters. The predicted molar refractivity (Wildman–Crippen MR) is 95.9 cm³/mol. The summed E-state index contributed by atoms with van der Waals surface area (Å²) in [6.45, 7) is 10.4. The van der Waals surface area contributed by atoms with E-state index in [1.165, 1.54) is 18.4 Å². The third kappa shape index (κ3) is 4.04. The maximum atomic E-state index is 10.2. The molecule has 4 aliphatic rings. The molecule has 3 aliphatic carbocycles. The Hall–Kier alpha value is -0.420. The van der Waals surface area contributed by atoms with Crippen molar-refractivity contribution in [1.29, 1.82) is 0 Å². The van der Waals surface area contributed by atoms with Crippen molar-refractivity contribution in [1.82, 2.24) is 5.32 Å². The Bertz CT molecular complexity index is 442. The minimum atomic E-state index is -0.432. The molecule has 1 saturated heterocycles. The number of rotatable bonds is 8. The van der Waals surface area contributed by atoms with E-state index in [0.29, 0.717) is 43.1 Å². The molecule has 2 bridgehead atoms. The summed E-state index contributed by atoms with van der Waals surface area (Å²) in [6.07, 6.45) is 6.71. The van der Waals surface area contributed by atoms with Crippen molar-refractivity contribution in [3.63, 3.8) is 0 Å². The molecule has 1 aliphatic heterocycles. The van der Waals surface area contributed by atoms with Gasteiger partial charge in [-0.15, -0.1) is 0 Å². The Morgan fingerprint density at radius 2 is 2.12 bits per heavy atom. The van der Waals surface area contributed by atoms with Gasteiger partial charge >= 0.3 is 0 Å². The standard InChI is InChI=1S/C20H35NO3/c1-14(15-6-8-23-9-7-15)21-11-18(22)13-24-12-16-4-5-17-10-19(16)20(17,2)3/h4,14-15,17-19,21-22H,5-13H2,1-3H3. The second-order valence-corrected chi connectivity index (χ2v) is 8.64. The molecule has 24 heavy (non-hydrogen) atoms. The van der Waals surface area contributed by atoms with Crippen LogP contribution < -0.4 is 5.32 Å². The van der Waals surface area contributed by atoms with Crippen molar-refractivity contribution < 1.29 is 14.6 Å². The van der Waals surface area contributed by atoms with Gasteiger partial charge < -0.3 is 19.9 Å². The van der Waals surface area contributed by atoms with Crippen molar-refractivity contribution in [2.24, 2.45) is 23.2 Å². The fourth-order valence-corrected chi connectivity index (χ4v) is 4.72. The minimum Gasteiger partial charge on any atom is -0.389 e. The molecule has 4 rings (SSSR count).